The van der Waals surface area contributed by atoms with Crippen LogP contribution < -0.4 is 14.7 Å². The number of nitrogens with zero attached hydrogens (tertiary/aromatic N) is 8. The van der Waals surface area contributed by atoms with E-state index in [1.54, 1.807) is 0 Å². The lowest BCUT2D eigenvalue weighted by Crippen LogP contribution is -2.16. The molecule has 0 fully saturated rings. The molecule has 0 saturated heterocycles. The van der Waals surface area contributed by atoms with E-state index >= 15 is 0 Å². The fourth-order valence-corrected chi connectivity index (χ4v) is 23.7. The average Bonchev–Trinajstić information content (AvgIpc) is 1.67. The highest BCUT2D eigenvalue weighted by Crippen LogP contribution is 2.54. The third-order valence-corrected chi connectivity index (χ3v) is 30.4. The molecule has 145 heavy (non-hydrogen) atoms. The zero-order valence-corrected chi connectivity index (χ0v) is 79.4. The van der Waals surface area contributed by atoms with Crippen LogP contribution in [0.3, 0.4) is 0 Å². The molecule has 0 N–H and O–H groups in total. The first-order valence-electron chi connectivity index (χ1n) is 49.6. The molecular formula is C137H88N8. The Hall–Kier alpha value is -19.2. The van der Waals surface area contributed by atoms with Crippen LogP contribution in [0.5, 0.6) is 0 Å². The van der Waals surface area contributed by atoms with Crippen LogP contribution in [0.2, 0.25) is 0 Å². The van der Waals surface area contributed by atoms with Crippen LogP contribution in [0.1, 0.15) is 30.5 Å². The van der Waals surface area contributed by atoms with E-state index in [4.69, 9.17) is 15.0 Å². The summed E-state index contributed by atoms with van der Waals surface area (Å²) in [4.78, 5) is 21.3. The van der Waals surface area contributed by atoms with Crippen LogP contribution in [0.25, 0.3) is 212 Å². The van der Waals surface area contributed by atoms with Crippen molar-refractivity contribution in [1.82, 2.24) is 19.5 Å². The SMILES string of the molecule is CC1(C)c2ccccc2-c2ccc(N(c3ccccc3)c3ccc(-c4ccc5ccc6cc7cccnc7c7ccc4c5c67)cc3)cc21.N#Cc1ccc(N(c2ccc(-c3ccc4ccc5cc6cccnc6c6ccc3c4c56)cc2)c2cccc3ccccc23)cc1.c1ccc(N(c2ccc(-c3ccc4ccc5cc6cccnc6c6ccc3c4c56)cc2)c2ccc3c(c2)c2ccccc2n3-c2ccccc2)cc1. The molecule has 0 unspecified atom stereocenters. The Bertz CT molecular complexity index is 10200. The van der Waals surface area contributed by atoms with Crippen molar-refractivity contribution in [3.8, 4) is 56.3 Å². The second-order valence-electron chi connectivity index (χ2n) is 38.7. The predicted molar refractivity (Wildman–Crippen MR) is 611 cm³/mol. The van der Waals surface area contributed by atoms with Gasteiger partial charge in [-0.3, -0.25) is 15.0 Å². The van der Waals surface area contributed by atoms with Crippen LogP contribution in [-0.4, -0.2) is 19.5 Å². The van der Waals surface area contributed by atoms with Crippen molar-refractivity contribution in [3.05, 3.63) is 515 Å². The van der Waals surface area contributed by atoms with E-state index < -0.39 is 0 Å². The number of hydrogen-bond acceptors (Lipinski definition) is 7. The Morgan fingerprint density at radius 3 is 1.07 bits per heavy atom. The number of rotatable bonds is 13. The maximum Gasteiger partial charge on any atom is 0.0991 e. The van der Waals surface area contributed by atoms with Crippen molar-refractivity contribution < 1.29 is 0 Å². The first-order chi connectivity index (χ1) is 71.6. The van der Waals surface area contributed by atoms with Gasteiger partial charge in [0.1, 0.15) is 0 Å². The Morgan fingerprint density at radius 2 is 0.572 bits per heavy atom. The van der Waals surface area contributed by atoms with Gasteiger partial charge in [-0.25, -0.2) is 0 Å². The minimum absolute atomic E-state index is 0.0640. The molecule has 8 heteroatoms. The molecule has 0 bridgehead atoms. The van der Waals surface area contributed by atoms with Gasteiger partial charge in [-0.15, -0.1) is 0 Å². The summed E-state index contributed by atoms with van der Waals surface area (Å²) in [7, 11) is 0. The minimum Gasteiger partial charge on any atom is -0.310 e. The normalized spacial score (nSPS) is 12.3. The number of fused-ring (bicyclic) bond motifs is 13. The highest BCUT2D eigenvalue weighted by atomic mass is 15.2. The number of pyridine rings is 3. The first kappa shape index (κ1) is 83.9. The zero-order chi connectivity index (χ0) is 96.1. The molecule has 0 atom stereocenters. The highest BCUT2D eigenvalue weighted by Gasteiger charge is 2.36. The molecule has 0 amide bonds. The Balaban J connectivity index is 0.000000106. The largest absolute Gasteiger partial charge is 0.310 e. The number of hydrogen-bond donors (Lipinski definition) is 0. The maximum atomic E-state index is 9.43. The lowest BCUT2D eigenvalue weighted by molar-refractivity contribution is 0.660. The van der Waals surface area contributed by atoms with Gasteiger partial charge in [0.05, 0.1) is 44.9 Å². The van der Waals surface area contributed by atoms with Gasteiger partial charge in [-0.05, 0) is 318 Å². The molecule has 1 aliphatic rings. The van der Waals surface area contributed by atoms with Gasteiger partial charge in [0.15, 0.2) is 0 Å². The molecule has 4 heterocycles. The van der Waals surface area contributed by atoms with Crippen molar-refractivity contribution in [1.29, 1.82) is 5.26 Å². The number of nitriles is 1. The van der Waals surface area contributed by atoms with Gasteiger partial charge in [0.25, 0.3) is 0 Å². The topological polar surface area (TPSA) is 77.1 Å². The summed E-state index contributed by atoms with van der Waals surface area (Å²) in [5.41, 5.74) is 29.9. The van der Waals surface area contributed by atoms with Gasteiger partial charge in [0, 0.05) is 124 Å². The second kappa shape index (κ2) is 33.8. The van der Waals surface area contributed by atoms with Crippen LogP contribution in [0.15, 0.2) is 498 Å². The van der Waals surface area contributed by atoms with E-state index in [9.17, 15) is 5.26 Å². The van der Waals surface area contributed by atoms with Crippen molar-refractivity contribution in [2.75, 3.05) is 14.7 Å². The summed E-state index contributed by atoms with van der Waals surface area (Å²) in [6.07, 6.45) is 5.67. The molecule has 0 saturated carbocycles. The number of anilines is 9. The first-order valence-corrected chi connectivity index (χ1v) is 49.6. The van der Waals surface area contributed by atoms with E-state index in [-0.39, 0.29) is 5.41 Å². The summed E-state index contributed by atoms with van der Waals surface area (Å²) < 4.78 is 2.37. The third kappa shape index (κ3) is 13.8. The second-order valence-corrected chi connectivity index (χ2v) is 38.7. The molecule has 0 spiro atoms. The lowest BCUT2D eigenvalue weighted by atomic mass is 9.82. The smallest absolute Gasteiger partial charge is 0.0991 e. The molecule has 29 aromatic rings. The standard InChI is InChI=1S/C49H31N3.C46H32N2.C42H25N3/c1-3-11-36(12-4-1)51(39-24-28-46-44(31-39)41-15-7-8-16-45(41)52(46)37-13-5-2-6-14-37)38-22-19-32(20-23-38)40-25-21-33-17-18-34-30-35-10-9-29-50-49(35)43-27-26-42(40)47(33)48(34)43;1-46(2)41-13-7-6-12-37(41)38-23-21-35(28-42(38)46)48(33-10-4-3-5-11-33)34-19-16-29(17-20-34)36-22-18-30-14-15-31-27-32-9-8-26-47-45(32)40-25-24-39(36)43(30)44(31)40;43-26-27-10-17-33(18-11-27)45(39-9-3-6-28-5-1-2-8-36(28)39)34-19-14-29(15-20-34)35-21-16-30-12-13-31-25-32-7-4-24-44-42(32)38-23-22-37(35)40(30)41(31)38/h1-31H;3-28H,1-2H3;1-25H. The number of aromatic nitrogens is 4. The molecular weight excluding hydrogens is 1760 g/mol. The summed E-state index contributed by atoms with van der Waals surface area (Å²) in [5.74, 6) is 0. The molecule has 25 aromatic carbocycles. The minimum atomic E-state index is -0.0640. The summed E-state index contributed by atoms with van der Waals surface area (Å²) in [6, 6.07) is 175. The molecule has 4 aromatic heterocycles. The van der Waals surface area contributed by atoms with Crippen molar-refractivity contribution in [3.63, 3.8) is 0 Å². The lowest BCUT2D eigenvalue weighted by Gasteiger charge is -2.28. The highest BCUT2D eigenvalue weighted by molar-refractivity contribution is 6.33. The molecule has 30 rings (SSSR count). The predicted octanol–water partition coefficient (Wildman–Crippen LogP) is 37.2. The number of para-hydroxylation sites is 4. The van der Waals surface area contributed by atoms with E-state index in [1.807, 2.05) is 61.1 Å². The van der Waals surface area contributed by atoms with Crippen LogP contribution in [0, 0.1) is 11.3 Å². The van der Waals surface area contributed by atoms with Gasteiger partial charge in [-0.1, -0.05) is 317 Å². The van der Waals surface area contributed by atoms with E-state index in [2.05, 4.69) is 476 Å². The molecule has 0 radical (unpaired) electrons. The third-order valence-electron chi connectivity index (χ3n) is 30.4. The van der Waals surface area contributed by atoms with E-state index in [0.717, 1.165) is 84.4 Å². The van der Waals surface area contributed by atoms with Gasteiger partial charge < -0.3 is 19.3 Å². The summed E-state index contributed by atoms with van der Waals surface area (Å²) in [5, 5.41) is 40.4. The molecule has 8 nitrogen and oxygen atoms in total. The van der Waals surface area contributed by atoms with E-state index in [1.165, 1.54) is 190 Å². The average molecular weight is 1850 g/mol. The summed E-state index contributed by atoms with van der Waals surface area (Å²) in [6.45, 7) is 4.69. The number of benzene rings is 25. The zero-order valence-electron chi connectivity index (χ0n) is 79.4. The quantitative estimate of drug-likeness (QED) is 0.0841. The Labute approximate surface area is 837 Å². The Morgan fingerprint density at radius 1 is 0.221 bits per heavy atom. The van der Waals surface area contributed by atoms with Gasteiger partial charge in [0.2, 0.25) is 0 Å². The van der Waals surface area contributed by atoms with Crippen molar-refractivity contribution >= 4 is 213 Å². The van der Waals surface area contributed by atoms with Crippen molar-refractivity contribution in [2.45, 2.75) is 19.3 Å². The van der Waals surface area contributed by atoms with E-state index in [0.29, 0.717) is 5.56 Å². The van der Waals surface area contributed by atoms with Crippen molar-refractivity contribution in [2.24, 2.45) is 0 Å². The molecule has 1 aliphatic carbocycles. The van der Waals surface area contributed by atoms with Crippen LogP contribution in [-0.2, 0) is 5.41 Å². The fourth-order valence-electron chi connectivity index (χ4n) is 23.7. The van der Waals surface area contributed by atoms with Gasteiger partial charge >= 0.3 is 0 Å². The monoisotopic (exact) mass is 1840 g/mol. The Kier molecular flexibility index (Phi) is 19.6. The summed E-state index contributed by atoms with van der Waals surface area (Å²) >= 11 is 0. The fraction of sp³-hybridized carbons (Fsp3) is 0.0219. The van der Waals surface area contributed by atoms with Crippen LogP contribution >= 0.6 is 0 Å². The molecule has 0 aliphatic heterocycles. The molecule has 676 valence electrons. The maximum absolute atomic E-state index is 9.43. The van der Waals surface area contributed by atoms with Gasteiger partial charge in [-0.2, -0.15) is 5.26 Å². The van der Waals surface area contributed by atoms with Crippen LogP contribution in [0.4, 0.5) is 51.2 Å².